The number of ether oxygens (including phenoxy) is 2. The summed E-state index contributed by atoms with van der Waals surface area (Å²) in [7, 11) is 1.73. The summed E-state index contributed by atoms with van der Waals surface area (Å²) in [6.07, 6.45) is 7.32. The summed E-state index contributed by atoms with van der Waals surface area (Å²) in [4.78, 5) is 2.61. The Balaban J connectivity index is 2.45. The highest BCUT2D eigenvalue weighted by Crippen LogP contribution is 2.36. The quantitative estimate of drug-likeness (QED) is 0.596. The first kappa shape index (κ1) is 18.9. The van der Waals surface area contributed by atoms with Crippen molar-refractivity contribution in [3.63, 3.8) is 0 Å². The number of methoxy groups -OCH3 is 1. The van der Waals surface area contributed by atoms with Gasteiger partial charge >= 0.3 is 0 Å². The van der Waals surface area contributed by atoms with Crippen molar-refractivity contribution in [1.29, 1.82) is 0 Å². The fraction of sp³-hybridized carbons (Fsp3) is 1.00. The molecule has 2 unspecified atom stereocenters. The molecule has 0 aromatic heterocycles. The summed E-state index contributed by atoms with van der Waals surface area (Å²) < 4.78 is 10.8. The van der Waals surface area contributed by atoms with Crippen LogP contribution in [0.15, 0.2) is 0 Å². The van der Waals surface area contributed by atoms with Crippen molar-refractivity contribution in [2.45, 2.75) is 57.9 Å². The monoisotopic (exact) mass is 300 g/mol. The van der Waals surface area contributed by atoms with E-state index in [0.29, 0.717) is 0 Å². The van der Waals surface area contributed by atoms with Gasteiger partial charge in [0.1, 0.15) is 0 Å². The van der Waals surface area contributed by atoms with Gasteiger partial charge in [0.05, 0.1) is 6.61 Å². The molecule has 0 amide bonds. The molecule has 2 N–H and O–H groups in total. The Hall–Kier alpha value is -0.160. The van der Waals surface area contributed by atoms with E-state index in [9.17, 15) is 0 Å². The van der Waals surface area contributed by atoms with Crippen LogP contribution in [0.5, 0.6) is 0 Å². The largest absolute Gasteiger partial charge is 0.385 e. The summed E-state index contributed by atoms with van der Waals surface area (Å²) >= 11 is 0. The molecule has 1 aliphatic carbocycles. The number of hydrogen-bond donors (Lipinski definition) is 1. The SMILES string of the molecule is CCCN(CCOCCCOC)C1(CN)CCCC(C)C1. The van der Waals surface area contributed by atoms with E-state index < -0.39 is 0 Å². The minimum absolute atomic E-state index is 0.212. The van der Waals surface area contributed by atoms with Gasteiger partial charge in [-0.1, -0.05) is 26.7 Å². The molecule has 0 aromatic rings. The van der Waals surface area contributed by atoms with Crippen LogP contribution in [0, 0.1) is 5.92 Å². The van der Waals surface area contributed by atoms with E-state index >= 15 is 0 Å². The van der Waals surface area contributed by atoms with Crippen molar-refractivity contribution in [1.82, 2.24) is 4.90 Å². The summed E-state index contributed by atoms with van der Waals surface area (Å²) in [5.41, 5.74) is 6.41. The Labute approximate surface area is 131 Å². The maximum atomic E-state index is 6.20. The molecule has 1 fully saturated rings. The van der Waals surface area contributed by atoms with E-state index in [1.54, 1.807) is 7.11 Å². The molecule has 4 nitrogen and oxygen atoms in total. The average Bonchev–Trinajstić information content (AvgIpc) is 2.49. The Morgan fingerprint density at radius 3 is 2.67 bits per heavy atom. The van der Waals surface area contributed by atoms with Gasteiger partial charge in [0.15, 0.2) is 0 Å². The molecular weight excluding hydrogens is 264 g/mol. The summed E-state index contributed by atoms with van der Waals surface area (Å²) in [6, 6.07) is 0. The van der Waals surface area contributed by atoms with Crippen LogP contribution in [0.25, 0.3) is 0 Å². The third-order valence-corrected chi connectivity index (χ3v) is 4.75. The van der Waals surface area contributed by atoms with Crippen molar-refractivity contribution in [2.75, 3.05) is 46.6 Å². The van der Waals surface area contributed by atoms with E-state index in [1.165, 1.54) is 32.1 Å². The molecule has 0 saturated heterocycles. The highest BCUT2D eigenvalue weighted by Gasteiger charge is 2.38. The fourth-order valence-corrected chi connectivity index (χ4v) is 3.67. The zero-order chi connectivity index (χ0) is 15.6. The lowest BCUT2D eigenvalue weighted by Gasteiger charge is -2.48. The molecule has 0 spiro atoms. The Morgan fingerprint density at radius 2 is 2.05 bits per heavy atom. The van der Waals surface area contributed by atoms with Gasteiger partial charge in [0.25, 0.3) is 0 Å². The van der Waals surface area contributed by atoms with Gasteiger partial charge in [-0.25, -0.2) is 0 Å². The van der Waals surface area contributed by atoms with Gasteiger partial charge in [-0.2, -0.15) is 0 Å². The van der Waals surface area contributed by atoms with Gasteiger partial charge in [-0.05, 0) is 38.1 Å². The van der Waals surface area contributed by atoms with Gasteiger partial charge in [-0.3, -0.25) is 4.90 Å². The van der Waals surface area contributed by atoms with Crippen LogP contribution in [-0.4, -0.2) is 57.0 Å². The molecule has 0 bridgehead atoms. The number of nitrogens with two attached hydrogens (primary N) is 1. The molecule has 2 atom stereocenters. The molecule has 0 aliphatic heterocycles. The van der Waals surface area contributed by atoms with E-state index in [2.05, 4.69) is 18.7 Å². The molecule has 0 heterocycles. The van der Waals surface area contributed by atoms with Crippen LogP contribution in [0.4, 0.5) is 0 Å². The van der Waals surface area contributed by atoms with Gasteiger partial charge < -0.3 is 15.2 Å². The molecule has 4 heteroatoms. The van der Waals surface area contributed by atoms with Crippen LogP contribution in [-0.2, 0) is 9.47 Å². The Morgan fingerprint density at radius 1 is 1.24 bits per heavy atom. The van der Waals surface area contributed by atoms with E-state index in [0.717, 1.165) is 51.8 Å². The molecule has 1 saturated carbocycles. The zero-order valence-corrected chi connectivity index (χ0v) is 14.4. The van der Waals surface area contributed by atoms with Crippen LogP contribution in [0.3, 0.4) is 0 Å². The first-order valence-electron chi connectivity index (χ1n) is 8.70. The first-order chi connectivity index (χ1) is 10.2. The second-order valence-electron chi connectivity index (χ2n) is 6.58. The zero-order valence-electron chi connectivity index (χ0n) is 14.4. The Bertz CT molecular complexity index is 263. The van der Waals surface area contributed by atoms with E-state index in [1.807, 2.05) is 0 Å². The van der Waals surface area contributed by atoms with Gasteiger partial charge in [0.2, 0.25) is 0 Å². The topological polar surface area (TPSA) is 47.7 Å². The van der Waals surface area contributed by atoms with Gasteiger partial charge in [-0.15, -0.1) is 0 Å². The van der Waals surface area contributed by atoms with Crippen molar-refractivity contribution in [3.8, 4) is 0 Å². The van der Waals surface area contributed by atoms with Crippen LogP contribution < -0.4 is 5.73 Å². The van der Waals surface area contributed by atoms with Crippen molar-refractivity contribution < 1.29 is 9.47 Å². The molecule has 21 heavy (non-hydrogen) atoms. The molecule has 1 aliphatic rings. The molecular formula is C17H36N2O2. The van der Waals surface area contributed by atoms with Crippen LogP contribution in [0.2, 0.25) is 0 Å². The molecule has 126 valence electrons. The van der Waals surface area contributed by atoms with Crippen LogP contribution in [0.1, 0.15) is 52.4 Å². The van der Waals surface area contributed by atoms with Crippen LogP contribution >= 0.6 is 0 Å². The third kappa shape index (κ3) is 6.23. The lowest BCUT2D eigenvalue weighted by molar-refractivity contribution is 0.00906. The summed E-state index contributed by atoms with van der Waals surface area (Å²) in [5.74, 6) is 0.796. The molecule has 0 aromatic carbocycles. The van der Waals surface area contributed by atoms with E-state index in [-0.39, 0.29) is 5.54 Å². The van der Waals surface area contributed by atoms with Crippen molar-refractivity contribution in [3.05, 3.63) is 0 Å². The summed E-state index contributed by atoms with van der Waals surface area (Å²) in [6.45, 7) is 9.91. The summed E-state index contributed by atoms with van der Waals surface area (Å²) in [5, 5.41) is 0. The lowest BCUT2D eigenvalue weighted by atomic mass is 9.75. The smallest absolute Gasteiger partial charge is 0.0593 e. The second kappa shape index (κ2) is 10.5. The standard InChI is InChI=1S/C17H36N2O2/c1-4-9-19(10-13-21-12-6-11-20-3)17(15-18)8-5-7-16(2)14-17/h16H,4-15,18H2,1-3H3. The lowest BCUT2D eigenvalue weighted by Crippen LogP contribution is -2.57. The highest BCUT2D eigenvalue weighted by atomic mass is 16.5. The third-order valence-electron chi connectivity index (χ3n) is 4.75. The maximum absolute atomic E-state index is 6.20. The van der Waals surface area contributed by atoms with Gasteiger partial charge in [0, 0.05) is 39.0 Å². The van der Waals surface area contributed by atoms with E-state index in [4.69, 9.17) is 15.2 Å². The molecule has 0 radical (unpaired) electrons. The number of rotatable bonds is 11. The predicted octanol–water partition coefficient (Wildman–Crippen LogP) is 2.66. The van der Waals surface area contributed by atoms with Crippen molar-refractivity contribution in [2.24, 2.45) is 11.7 Å². The second-order valence-corrected chi connectivity index (χ2v) is 6.58. The average molecular weight is 300 g/mol. The minimum atomic E-state index is 0.212. The number of hydrogen-bond acceptors (Lipinski definition) is 4. The minimum Gasteiger partial charge on any atom is -0.385 e. The predicted molar refractivity (Wildman–Crippen MR) is 88.6 cm³/mol. The normalized spacial score (nSPS) is 26.4. The fourth-order valence-electron chi connectivity index (χ4n) is 3.67. The first-order valence-corrected chi connectivity index (χ1v) is 8.70. The molecule has 1 rings (SSSR count). The Kier molecular flexibility index (Phi) is 9.49. The highest BCUT2D eigenvalue weighted by molar-refractivity contribution is 4.95. The maximum Gasteiger partial charge on any atom is 0.0593 e. The number of nitrogens with zero attached hydrogens (tertiary/aromatic N) is 1. The van der Waals surface area contributed by atoms with Crippen molar-refractivity contribution >= 4 is 0 Å².